The normalized spacial score (nSPS) is 17.3. The molecule has 3 aromatic rings. The molecule has 2 aliphatic rings. The second-order valence-corrected chi connectivity index (χ2v) is 8.02. The van der Waals surface area contributed by atoms with Gasteiger partial charge in [0.05, 0.1) is 11.0 Å². The van der Waals surface area contributed by atoms with E-state index in [0.717, 1.165) is 60.1 Å². The Balaban J connectivity index is 1.55. The minimum absolute atomic E-state index is 0.613. The van der Waals surface area contributed by atoms with Gasteiger partial charge in [0.15, 0.2) is 5.82 Å². The van der Waals surface area contributed by atoms with E-state index in [2.05, 4.69) is 44.1 Å². The first-order valence-corrected chi connectivity index (χ1v) is 10.6. The number of para-hydroxylation sites is 2. The molecule has 2 fully saturated rings. The summed E-state index contributed by atoms with van der Waals surface area (Å²) in [5, 5.41) is 9.19. The predicted molar refractivity (Wildman–Crippen MR) is 117 cm³/mol. The molecule has 0 bridgehead atoms. The van der Waals surface area contributed by atoms with E-state index in [4.69, 9.17) is 4.98 Å². The molecule has 2 saturated heterocycles. The first-order valence-electron chi connectivity index (χ1n) is 10.6. The lowest BCUT2D eigenvalue weighted by Gasteiger charge is -2.23. The van der Waals surface area contributed by atoms with E-state index < -0.39 is 0 Å². The molecule has 0 unspecified atom stereocenters. The number of hydrogen-bond acceptors (Lipinski definition) is 6. The van der Waals surface area contributed by atoms with E-state index >= 15 is 0 Å². The van der Waals surface area contributed by atoms with Crippen LogP contribution < -0.4 is 9.80 Å². The maximum Gasteiger partial charge on any atom is 0.250 e. The van der Waals surface area contributed by atoms with E-state index in [-0.39, 0.29) is 0 Å². The Labute approximate surface area is 171 Å². The van der Waals surface area contributed by atoms with Gasteiger partial charge in [0.2, 0.25) is 5.95 Å². The zero-order chi connectivity index (χ0) is 19.8. The van der Waals surface area contributed by atoms with Crippen molar-refractivity contribution in [2.45, 2.75) is 32.6 Å². The number of azo groups is 1. The molecule has 7 nitrogen and oxygen atoms in total. The summed E-state index contributed by atoms with van der Waals surface area (Å²) in [5.74, 6) is 2.65. The minimum Gasteiger partial charge on any atom is -0.357 e. The van der Waals surface area contributed by atoms with Gasteiger partial charge in [0.25, 0.3) is 0 Å². The third-order valence-corrected chi connectivity index (χ3v) is 5.99. The molecular formula is C22H27N7. The molecule has 0 atom stereocenters. The fraction of sp³-hybridized carbons (Fsp3) is 0.455. The van der Waals surface area contributed by atoms with Gasteiger partial charge in [-0.2, -0.15) is 0 Å². The summed E-state index contributed by atoms with van der Waals surface area (Å²) in [6, 6.07) is 10.2. The van der Waals surface area contributed by atoms with Gasteiger partial charge in [0.1, 0.15) is 11.5 Å². The lowest BCUT2D eigenvalue weighted by molar-refractivity contribution is 0.889. The van der Waals surface area contributed by atoms with E-state index in [1.54, 1.807) is 0 Å². The lowest BCUT2D eigenvalue weighted by Crippen LogP contribution is -2.23. The fourth-order valence-corrected chi connectivity index (χ4v) is 4.33. The Bertz CT molecular complexity index is 1060. The zero-order valence-electron chi connectivity index (χ0n) is 17.2. The van der Waals surface area contributed by atoms with Crippen molar-refractivity contribution in [1.82, 2.24) is 14.5 Å². The molecule has 4 heterocycles. The Hall–Kier alpha value is -2.96. The van der Waals surface area contributed by atoms with Gasteiger partial charge < -0.3 is 14.4 Å². The molecular weight excluding hydrogens is 362 g/mol. The van der Waals surface area contributed by atoms with Crippen molar-refractivity contribution >= 4 is 34.3 Å². The number of anilines is 2. The van der Waals surface area contributed by atoms with Crippen LogP contribution >= 0.6 is 0 Å². The second kappa shape index (κ2) is 7.46. The highest BCUT2D eigenvalue weighted by Gasteiger charge is 2.23. The van der Waals surface area contributed by atoms with Gasteiger partial charge in [-0.15, -0.1) is 10.2 Å². The molecule has 2 aliphatic heterocycles. The van der Waals surface area contributed by atoms with Crippen LogP contribution in [-0.2, 0) is 7.05 Å². The maximum absolute atomic E-state index is 5.05. The van der Waals surface area contributed by atoms with Crippen LogP contribution in [0, 0.1) is 6.92 Å². The average molecular weight is 390 g/mol. The number of pyridine rings is 1. The molecule has 0 spiro atoms. The van der Waals surface area contributed by atoms with Gasteiger partial charge >= 0.3 is 0 Å². The zero-order valence-corrected chi connectivity index (χ0v) is 17.2. The van der Waals surface area contributed by atoms with E-state index in [9.17, 15) is 0 Å². The molecule has 150 valence electrons. The van der Waals surface area contributed by atoms with Crippen LogP contribution in [0.2, 0.25) is 0 Å². The average Bonchev–Trinajstić information content (AvgIpc) is 3.49. The standard InChI is InChI=1S/C22H27N7/c1-16-15-19(28-11-5-6-12-28)24-21(29-13-7-8-14-29)20(16)25-26-22-23-17-9-3-4-10-18(17)27(22)2/h3-4,9-10,15H,5-8,11-14H2,1-2H3. The van der Waals surface area contributed by atoms with Crippen molar-refractivity contribution in [2.75, 3.05) is 36.0 Å². The van der Waals surface area contributed by atoms with E-state index in [1.165, 1.54) is 25.7 Å². The molecule has 29 heavy (non-hydrogen) atoms. The molecule has 0 aliphatic carbocycles. The number of fused-ring (bicyclic) bond motifs is 1. The molecule has 0 N–H and O–H groups in total. The van der Waals surface area contributed by atoms with Crippen molar-refractivity contribution < 1.29 is 0 Å². The second-order valence-electron chi connectivity index (χ2n) is 8.02. The Morgan fingerprint density at radius 3 is 2.28 bits per heavy atom. The highest BCUT2D eigenvalue weighted by molar-refractivity contribution is 5.78. The Kier molecular flexibility index (Phi) is 4.66. The number of aromatic nitrogens is 3. The summed E-state index contributed by atoms with van der Waals surface area (Å²) in [7, 11) is 1.98. The first-order chi connectivity index (χ1) is 14.2. The number of benzene rings is 1. The SMILES string of the molecule is Cc1cc(N2CCCC2)nc(N2CCCC2)c1N=Nc1nc2ccccc2n1C. The van der Waals surface area contributed by atoms with Crippen LogP contribution in [0.15, 0.2) is 40.6 Å². The van der Waals surface area contributed by atoms with Crippen LogP contribution in [0.3, 0.4) is 0 Å². The monoisotopic (exact) mass is 389 g/mol. The van der Waals surface area contributed by atoms with Gasteiger partial charge in [-0.25, -0.2) is 9.97 Å². The smallest absolute Gasteiger partial charge is 0.250 e. The lowest BCUT2D eigenvalue weighted by atomic mass is 10.2. The molecule has 7 heteroatoms. The van der Waals surface area contributed by atoms with Gasteiger partial charge in [-0.3, -0.25) is 0 Å². The molecule has 0 radical (unpaired) electrons. The Morgan fingerprint density at radius 1 is 0.862 bits per heavy atom. The summed E-state index contributed by atoms with van der Waals surface area (Å²) in [5.41, 5.74) is 3.97. The van der Waals surface area contributed by atoms with E-state index in [0.29, 0.717) is 5.95 Å². The summed E-state index contributed by atoms with van der Waals surface area (Å²) in [6.07, 6.45) is 4.90. The summed E-state index contributed by atoms with van der Waals surface area (Å²) < 4.78 is 1.98. The summed E-state index contributed by atoms with van der Waals surface area (Å²) in [6.45, 7) is 6.36. The third-order valence-electron chi connectivity index (χ3n) is 5.99. The molecule has 0 saturated carbocycles. The first kappa shape index (κ1) is 18.1. The minimum atomic E-state index is 0.613. The van der Waals surface area contributed by atoms with Crippen molar-refractivity contribution in [2.24, 2.45) is 17.3 Å². The highest BCUT2D eigenvalue weighted by Crippen LogP contribution is 2.37. The number of nitrogens with zero attached hydrogens (tertiary/aromatic N) is 7. The number of hydrogen-bond donors (Lipinski definition) is 0. The fourth-order valence-electron chi connectivity index (χ4n) is 4.33. The van der Waals surface area contributed by atoms with Crippen LogP contribution in [0.4, 0.5) is 23.3 Å². The largest absolute Gasteiger partial charge is 0.357 e. The van der Waals surface area contributed by atoms with Crippen molar-refractivity contribution in [1.29, 1.82) is 0 Å². The number of aryl methyl sites for hydroxylation is 2. The van der Waals surface area contributed by atoms with Crippen LogP contribution in [0.25, 0.3) is 11.0 Å². The molecule has 2 aromatic heterocycles. The van der Waals surface area contributed by atoms with Crippen LogP contribution in [0.5, 0.6) is 0 Å². The highest BCUT2D eigenvalue weighted by atomic mass is 15.3. The predicted octanol–water partition coefficient (Wildman–Crippen LogP) is 4.89. The van der Waals surface area contributed by atoms with Gasteiger partial charge in [-0.1, -0.05) is 12.1 Å². The van der Waals surface area contributed by atoms with Crippen molar-refractivity contribution in [3.05, 3.63) is 35.9 Å². The van der Waals surface area contributed by atoms with E-state index in [1.807, 2.05) is 29.8 Å². The maximum atomic E-state index is 5.05. The van der Waals surface area contributed by atoms with Gasteiger partial charge in [-0.05, 0) is 56.4 Å². The number of rotatable bonds is 4. The Morgan fingerprint density at radius 2 is 1.55 bits per heavy atom. The van der Waals surface area contributed by atoms with Gasteiger partial charge in [0, 0.05) is 33.2 Å². The topological polar surface area (TPSA) is 61.9 Å². The quantitative estimate of drug-likeness (QED) is 0.596. The molecule has 0 amide bonds. The molecule has 1 aromatic carbocycles. The third kappa shape index (κ3) is 3.34. The number of imidazole rings is 1. The van der Waals surface area contributed by atoms with Crippen molar-refractivity contribution in [3.63, 3.8) is 0 Å². The van der Waals surface area contributed by atoms with Crippen molar-refractivity contribution in [3.8, 4) is 0 Å². The van der Waals surface area contributed by atoms with Crippen LogP contribution in [-0.4, -0.2) is 40.7 Å². The molecule has 5 rings (SSSR count). The van der Waals surface area contributed by atoms with Crippen LogP contribution in [0.1, 0.15) is 31.2 Å². The summed E-state index contributed by atoms with van der Waals surface area (Å²) >= 11 is 0. The summed E-state index contributed by atoms with van der Waals surface area (Å²) in [4.78, 5) is 14.4.